The molecule has 0 radical (unpaired) electrons. The zero-order valence-corrected chi connectivity index (χ0v) is 11.6. The quantitative estimate of drug-likeness (QED) is 0.779. The van der Waals surface area contributed by atoms with E-state index in [0.29, 0.717) is 17.4 Å². The third-order valence-corrected chi connectivity index (χ3v) is 3.68. The van der Waals surface area contributed by atoms with Gasteiger partial charge in [0.05, 0.1) is 5.75 Å². The fourth-order valence-corrected chi connectivity index (χ4v) is 2.50. The van der Waals surface area contributed by atoms with Crippen molar-refractivity contribution < 1.29 is 23.1 Å². The van der Waals surface area contributed by atoms with Gasteiger partial charge in [-0.2, -0.15) is 13.2 Å². The molecular weight excluding hydrogens is 303 g/mol. The minimum Gasteiger partial charge on any atom is -0.481 e. The van der Waals surface area contributed by atoms with Crippen molar-refractivity contribution in [2.45, 2.75) is 30.6 Å². The van der Waals surface area contributed by atoms with E-state index in [-0.39, 0.29) is 29.8 Å². The van der Waals surface area contributed by atoms with Gasteiger partial charge >= 0.3 is 11.5 Å². The highest BCUT2D eigenvalue weighted by Gasteiger charge is 2.28. The minimum atomic E-state index is -4.27. The zero-order valence-electron chi connectivity index (χ0n) is 9.98. The van der Waals surface area contributed by atoms with Gasteiger partial charge in [0, 0.05) is 18.7 Å². The Kier molecular flexibility index (Phi) is 5.98. The molecule has 0 spiro atoms. The Morgan fingerprint density at radius 2 is 2.11 bits per heavy atom. The zero-order chi connectivity index (χ0) is 14.5. The van der Waals surface area contributed by atoms with E-state index >= 15 is 0 Å². The van der Waals surface area contributed by atoms with Crippen molar-refractivity contribution in [2.24, 2.45) is 0 Å². The van der Waals surface area contributed by atoms with E-state index < -0.39 is 11.5 Å². The largest absolute Gasteiger partial charge is 0.481 e. The van der Waals surface area contributed by atoms with Gasteiger partial charge in [0.25, 0.3) is 0 Å². The molecule has 19 heavy (non-hydrogen) atoms. The van der Waals surface area contributed by atoms with E-state index in [2.05, 4.69) is 10.2 Å². The molecule has 1 rings (SSSR count). The highest BCUT2D eigenvalue weighted by atomic mass is 32.2. The van der Waals surface area contributed by atoms with Crippen molar-refractivity contribution in [3.05, 3.63) is 5.82 Å². The maximum atomic E-state index is 12.1. The number of thioether (sulfide) groups is 2. The third kappa shape index (κ3) is 5.72. The summed E-state index contributed by atoms with van der Waals surface area (Å²) in [5.74, 6) is -0.818. The Balaban J connectivity index is 2.67. The van der Waals surface area contributed by atoms with Crippen LogP contribution < -0.4 is 0 Å². The molecule has 0 bridgehead atoms. The Hall–Kier alpha value is -0.900. The molecule has 0 aliphatic heterocycles. The molecule has 1 aromatic rings. The van der Waals surface area contributed by atoms with E-state index in [0.717, 1.165) is 11.8 Å². The minimum absolute atomic E-state index is 0.0995. The second-order valence-corrected chi connectivity index (χ2v) is 5.48. The molecular formula is C9H12F3N3O2S2. The maximum absolute atomic E-state index is 12.1. The van der Waals surface area contributed by atoms with Crippen LogP contribution in [0.5, 0.6) is 0 Å². The topological polar surface area (TPSA) is 68.0 Å². The molecule has 0 aliphatic carbocycles. The first kappa shape index (κ1) is 16.2. The standard InChI is InChI=1S/C9H12F3N3O2S2/c1-2-6-13-14-8(18-5-7(16)17)15(6)3-4-19-9(10,11)12/h2-5H2,1H3,(H,16,17). The number of hydrogen-bond donors (Lipinski definition) is 1. The summed E-state index contributed by atoms with van der Waals surface area (Å²) in [6.45, 7) is 1.91. The van der Waals surface area contributed by atoms with Crippen LogP contribution in [0.2, 0.25) is 0 Å². The van der Waals surface area contributed by atoms with Crippen molar-refractivity contribution in [2.75, 3.05) is 11.5 Å². The van der Waals surface area contributed by atoms with Crippen molar-refractivity contribution in [3.8, 4) is 0 Å². The van der Waals surface area contributed by atoms with Gasteiger partial charge in [-0.3, -0.25) is 4.79 Å². The van der Waals surface area contributed by atoms with Gasteiger partial charge in [0.15, 0.2) is 5.16 Å². The van der Waals surface area contributed by atoms with Gasteiger partial charge in [0.1, 0.15) is 5.82 Å². The first-order valence-corrected chi connectivity index (χ1v) is 7.28. The van der Waals surface area contributed by atoms with Gasteiger partial charge in [0.2, 0.25) is 0 Å². The molecule has 0 saturated heterocycles. The highest BCUT2D eigenvalue weighted by Crippen LogP contribution is 2.30. The SMILES string of the molecule is CCc1nnc(SCC(=O)O)n1CCSC(F)(F)F. The van der Waals surface area contributed by atoms with E-state index in [9.17, 15) is 18.0 Å². The lowest BCUT2D eigenvalue weighted by atomic mass is 10.4. The normalized spacial score (nSPS) is 11.8. The molecule has 1 N–H and O–H groups in total. The van der Waals surface area contributed by atoms with Crippen LogP contribution >= 0.6 is 23.5 Å². The third-order valence-electron chi connectivity index (χ3n) is 2.02. The van der Waals surface area contributed by atoms with E-state index in [4.69, 9.17) is 5.11 Å². The maximum Gasteiger partial charge on any atom is 0.441 e. The van der Waals surface area contributed by atoms with Crippen molar-refractivity contribution in [1.29, 1.82) is 0 Å². The lowest BCUT2D eigenvalue weighted by Crippen LogP contribution is -2.11. The van der Waals surface area contributed by atoms with Crippen LogP contribution in [0.15, 0.2) is 5.16 Å². The predicted octanol–water partition coefficient (Wildman–Crippen LogP) is 2.27. The smallest absolute Gasteiger partial charge is 0.441 e. The number of carboxylic acids is 1. The molecule has 0 atom stereocenters. The lowest BCUT2D eigenvalue weighted by Gasteiger charge is -2.09. The second-order valence-electron chi connectivity index (χ2n) is 3.38. The Labute approximate surface area is 116 Å². The van der Waals surface area contributed by atoms with Gasteiger partial charge in [-0.05, 0) is 11.8 Å². The number of halogens is 3. The monoisotopic (exact) mass is 315 g/mol. The predicted molar refractivity (Wildman–Crippen MR) is 66.3 cm³/mol. The molecule has 0 fully saturated rings. The molecule has 1 heterocycles. The fourth-order valence-electron chi connectivity index (χ4n) is 1.29. The van der Waals surface area contributed by atoms with Crippen LogP contribution in [0.3, 0.4) is 0 Å². The summed E-state index contributed by atoms with van der Waals surface area (Å²) in [5, 5.41) is 16.5. The average molecular weight is 315 g/mol. The highest BCUT2D eigenvalue weighted by molar-refractivity contribution is 8.00. The van der Waals surface area contributed by atoms with Crippen molar-refractivity contribution in [1.82, 2.24) is 14.8 Å². The number of carboxylic acid groups (broad SMARTS) is 1. The molecule has 108 valence electrons. The number of aryl methyl sites for hydroxylation is 1. The average Bonchev–Trinajstić information content (AvgIpc) is 2.67. The molecule has 0 amide bonds. The van der Waals surface area contributed by atoms with Crippen LogP contribution in [0.4, 0.5) is 13.2 Å². The molecule has 1 aromatic heterocycles. The number of aliphatic carboxylic acids is 1. The number of rotatable bonds is 7. The molecule has 5 nitrogen and oxygen atoms in total. The van der Waals surface area contributed by atoms with Crippen molar-refractivity contribution >= 4 is 29.5 Å². The number of hydrogen-bond acceptors (Lipinski definition) is 5. The van der Waals surface area contributed by atoms with Crippen LogP contribution in [0.1, 0.15) is 12.7 Å². The number of aromatic nitrogens is 3. The van der Waals surface area contributed by atoms with Gasteiger partial charge < -0.3 is 9.67 Å². The fraction of sp³-hybridized carbons (Fsp3) is 0.667. The second kappa shape index (κ2) is 7.04. The van der Waals surface area contributed by atoms with Crippen LogP contribution in [0.25, 0.3) is 0 Å². The summed E-state index contributed by atoms with van der Waals surface area (Å²) >= 11 is 0.831. The molecule has 0 unspecified atom stereocenters. The summed E-state index contributed by atoms with van der Waals surface area (Å²) in [7, 11) is 0. The first-order chi connectivity index (χ1) is 8.83. The number of alkyl halides is 3. The molecule has 10 heteroatoms. The van der Waals surface area contributed by atoms with E-state index in [1.165, 1.54) is 4.57 Å². The Bertz CT molecular complexity index is 437. The summed E-state index contributed by atoms with van der Waals surface area (Å²) in [6, 6.07) is 0. The Morgan fingerprint density at radius 1 is 1.42 bits per heavy atom. The van der Waals surface area contributed by atoms with Crippen molar-refractivity contribution in [3.63, 3.8) is 0 Å². The number of nitrogens with zero attached hydrogens (tertiary/aromatic N) is 3. The van der Waals surface area contributed by atoms with Gasteiger partial charge in [-0.25, -0.2) is 0 Å². The van der Waals surface area contributed by atoms with Crippen LogP contribution in [0, 0.1) is 0 Å². The molecule has 0 aromatic carbocycles. The summed E-state index contributed by atoms with van der Waals surface area (Å²) < 4.78 is 37.7. The summed E-state index contributed by atoms with van der Waals surface area (Å²) in [6.07, 6.45) is 0.525. The van der Waals surface area contributed by atoms with Crippen LogP contribution in [-0.2, 0) is 17.8 Å². The van der Waals surface area contributed by atoms with Crippen LogP contribution in [-0.4, -0.2) is 42.9 Å². The molecule has 0 aliphatic rings. The lowest BCUT2D eigenvalue weighted by molar-refractivity contribution is -0.133. The van der Waals surface area contributed by atoms with Gasteiger partial charge in [-0.1, -0.05) is 18.7 Å². The van der Waals surface area contributed by atoms with E-state index in [1.807, 2.05) is 6.92 Å². The summed E-state index contributed by atoms with van der Waals surface area (Å²) in [5.41, 5.74) is -4.27. The first-order valence-electron chi connectivity index (χ1n) is 5.31. The Morgan fingerprint density at radius 3 is 2.63 bits per heavy atom. The van der Waals surface area contributed by atoms with Gasteiger partial charge in [-0.15, -0.1) is 10.2 Å². The molecule has 0 saturated carbocycles. The summed E-state index contributed by atoms with van der Waals surface area (Å²) in [4.78, 5) is 10.5. The number of carbonyl (C=O) groups is 1. The van der Waals surface area contributed by atoms with E-state index in [1.54, 1.807) is 0 Å².